The molecule has 0 spiro atoms. The van der Waals surface area contributed by atoms with Crippen molar-refractivity contribution in [3.8, 4) is 0 Å². The van der Waals surface area contributed by atoms with Gasteiger partial charge in [0.1, 0.15) is 0 Å². The largest absolute Gasteiger partial charge is 0.291 e. The van der Waals surface area contributed by atoms with E-state index in [4.69, 9.17) is 5.21 Å². The third kappa shape index (κ3) is 2.69. The Morgan fingerprint density at radius 3 is 2.70 bits per heavy atom. The molecule has 10 heavy (non-hydrogen) atoms. The number of allylic oxidation sites excluding steroid dienone is 3. The zero-order valence-corrected chi connectivity index (χ0v) is 6.59. The molecular formula is C8H15NO. The van der Waals surface area contributed by atoms with E-state index in [1.54, 1.807) is 12.2 Å². The van der Waals surface area contributed by atoms with E-state index in [0.29, 0.717) is 5.92 Å². The van der Waals surface area contributed by atoms with E-state index in [-0.39, 0.29) is 0 Å². The van der Waals surface area contributed by atoms with Crippen molar-refractivity contribution in [2.45, 2.75) is 20.3 Å². The Balaban J connectivity index is 4.04. The van der Waals surface area contributed by atoms with E-state index in [0.717, 1.165) is 12.1 Å². The van der Waals surface area contributed by atoms with Crippen molar-refractivity contribution in [2.24, 2.45) is 5.92 Å². The monoisotopic (exact) mass is 141 g/mol. The smallest absolute Gasteiger partial charge is 0.0404 e. The minimum absolute atomic E-state index is 0.364. The summed E-state index contributed by atoms with van der Waals surface area (Å²) in [5.74, 6) is 0.364. The quantitative estimate of drug-likeness (QED) is 0.464. The lowest BCUT2D eigenvalue weighted by Gasteiger charge is -2.10. The van der Waals surface area contributed by atoms with Crippen molar-refractivity contribution in [3.63, 3.8) is 0 Å². The molecule has 0 aromatic heterocycles. The summed E-state index contributed by atoms with van der Waals surface area (Å²) in [6.07, 6.45) is 4.44. The number of rotatable bonds is 4. The highest BCUT2D eigenvalue weighted by Gasteiger charge is 2.02. The van der Waals surface area contributed by atoms with Crippen LogP contribution < -0.4 is 5.48 Å². The van der Waals surface area contributed by atoms with Crippen LogP contribution in [0.1, 0.15) is 20.3 Å². The van der Waals surface area contributed by atoms with Crippen molar-refractivity contribution in [1.29, 1.82) is 0 Å². The minimum Gasteiger partial charge on any atom is -0.291 e. The van der Waals surface area contributed by atoms with Gasteiger partial charge in [-0.3, -0.25) is 10.7 Å². The zero-order valence-electron chi connectivity index (χ0n) is 6.59. The molecule has 0 heterocycles. The first-order valence-electron chi connectivity index (χ1n) is 3.49. The van der Waals surface area contributed by atoms with E-state index in [1.165, 1.54) is 0 Å². The standard InChI is InChI=1S/C8H15NO/c1-4-6-8(9-10)7(3)5-2/h4,6-7,9-10H,1,5H2,2-3H3/b8-6+. The average molecular weight is 141 g/mol. The molecule has 2 heteroatoms. The van der Waals surface area contributed by atoms with Crippen LogP contribution in [0.3, 0.4) is 0 Å². The number of hydrogen-bond donors (Lipinski definition) is 2. The summed E-state index contributed by atoms with van der Waals surface area (Å²) in [6.45, 7) is 7.65. The summed E-state index contributed by atoms with van der Waals surface area (Å²) in [5.41, 5.74) is 2.96. The lowest BCUT2D eigenvalue weighted by Crippen LogP contribution is -2.13. The summed E-state index contributed by atoms with van der Waals surface area (Å²) in [6, 6.07) is 0. The van der Waals surface area contributed by atoms with E-state index >= 15 is 0 Å². The predicted molar refractivity (Wildman–Crippen MR) is 42.7 cm³/mol. The third-order valence-electron chi connectivity index (χ3n) is 1.57. The van der Waals surface area contributed by atoms with Crippen LogP contribution in [0, 0.1) is 5.92 Å². The summed E-state index contributed by atoms with van der Waals surface area (Å²) >= 11 is 0. The second-order valence-corrected chi connectivity index (χ2v) is 2.28. The Labute approximate surface area is 62.2 Å². The van der Waals surface area contributed by atoms with Crippen LogP contribution in [0.4, 0.5) is 0 Å². The van der Waals surface area contributed by atoms with Gasteiger partial charge in [-0.15, -0.1) is 0 Å². The van der Waals surface area contributed by atoms with Gasteiger partial charge in [0.25, 0.3) is 0 Å². The van der Waals surface area contributed by atoms with Gasteiger partial charge in [-0.2, -0.15) is 0 Å². The highest BCUT2D eigenvalue weighted by atomic mass is 16.5. The highest BCUT2D eigenvalue weighted by molar-refractivity contribution is 5.09. The first-order valence-corrected chi connectivity index (χ1v) is 3.49. The second-order valence-electron chi connectivity index (χ2n) is 2.28. The zero-order chi connectivity index (χ0) is 7.98. The molecule has 0 aromatic rings. The lowest BCUT2D eigenvalue weighted by atomic mass is 10.1. The van der Waals surface area contributed by atoms with Gasteiger partial charge in [-0.05, 0) is 18.4 Å². The van der Waals surface area contributed by atoms with Crippen LogP contribution >= 0.6 is 0 Å². The Hall–Kier alpha value is -0.760. The Kier molecular flexibility index (Phi) is 4.67. The van der Waals surface area contributed by atoms with Crippen LogP contribution in [0.2, 0.25) is 0 Å². The predicted octanol–water partition coefficient (Wildman–Crippen LogP) is 2.08. The van der Waals surface area contributed by atoms with Gasteiger partial charge in [-0.1, -0.05) is 26.5 Å². The molecule has 58 valence electrons. The van der Waals surface area contributed by atoms with Crippen LogP contribution in [-0.4, -0.2) is 5.21 Å². The summed E-state index contributed by atoms with van der Waals surface area (Å²) in [4.78, 5) is 0. The molecule has 0 radical (unpaired) electrons. The normalized spacial score (nSPS) is 14.5. The van der Waals surface area contributed by atoms with E-state index in [9.17, 15) is 0 Å². The van der Waals surface area contributed by atoms with Crippen molar-refractivity contribution in [3.05, 3.63) is 24.4 Å². The molecular weight excluding hydrogens is 126 g/mol. The number of hydroxylamine groups is 1. The Morgan fingerprint density at radius 1 is 1.80 bits per heavy atom. The third-order valence-corrected chi connectivity index (χ3v) is 1.57. The van der Waals surface area contributed by atoms with Crippen LogP contribution in [0.25, 0.3) is 0 Å². The fourth-order valence-electron chi connectivity index (χ4n) is 0.659. The fourth-order valence-corrected chi connectivity index (χ4v) is 0.659. The van der Waals surface area contributed by atoms with E-state index < -0.39 is 0 Å². The molecule has 0 amide bonds. The van der Waals surface area contributed by atoms with Crippen molar-refractivity contribution in [1.82, 2.24) is 5.48 Å². The number of hydrogen-bond acceptors (Lipinski definition) is 2. The summed E-state index contributed by atoms with van der Waals surface area (Å²) < 4.78 is 0. The maximum absolute atomic E-state index is 8.59. The Bertz CT molecular complexity index is 129. The first-order chi connectivity index (χ1) is 4.76. The SMILES string of the molecule is C=C/C=C(/NO)C(C)CC. The molecule has 0 saturated heterocycles. The van der Waals surface area contributed by atoms with Crippen molar-refractivity contribution >= 4 is 0 Å². The van der Waals surface area contributed by atoms with Gasteiger partial charge in [0.05, 0.1) is 0 Å². The molecule has 0 bridgehead atoms. The van der Waals surface area contributed by atoms with Crippen LogP contribution in [0.15, 0.2) is 24.4 Å². The van der Waals surface area contributed by atoms with Crippen LogP contribution in [-0.2, 0) is 0 Å². The molecule has 0 aliphatic heterocycles. The van der Waals surface area contributed by atoms with E-state index in [1.807, 2.05) is 6.92 Å². The van der Waals surface area contributed by atoms with Gasteiger partial charge >= 0.3 is 0 Å². The molecule has 2 nitrogen and oxygen atoms in total. The summed E-state index contributed by atoms with van der Waals surface area (Å²) in [5, 5.41) is 8.59. The molecule has 0 fully saturated rings. The van der Waals surface area contributed by atoms with E-state index in [2.05, 4.69) is 19.0 Å². The average Bonchev–Trinajstić information content (AvgIpc) is 1.99. The van der Waals surface area contributed by atoms with Crippen molar-refractivity contribution < 1.29 is 5.21 Å². The van der Waals surface area contributed by atoms with Crippen LogP contribution in [0.5, 0.6) is 0 Å². The molecule has 0 saturated carbocycles. The second kappa shape index (κ2) is 5.06. The number of nitrogens with one attached hydrogen (secondary N) is 1. The van der Waals surface area contributed by atoms with Gasteiger partial charge < -0.3 is 0 Å². The van der Waals surface area contributed by atoms with Gasteiger partial charge in [0.15, 0.2) is 0 Å². The molecule has 1 unspecified atom stereocenters. The molecule has 0 aliphatic carbocycles. The molecule has 0 aromatic carbocycles. The van der Waals surface area contributed by atoms with Gasteiger partial charge in [0.2, 0.25) is 0 Å². The fraction of sp³-hybridized carbons (Fsp3) is 0.500. The summed E-state index contributed by atoms with van der Waals surface area (Å²) in [7, 11) is 0. The minimum atomic E-state index is 0.364. The van der Waals surface area contributed by atoms with Crippen molar-refractivity contribution in [2.75, 3.05) is 0 Å². The molecule has 2 N–H and O–H groups in total. The van der Waals surface area contributed by atoms with Gasteiger partial charge in [0, 0.05) is 5.70 Å². The topological polar surface area (TPSA) is 32.3 Å². The van der Waals surface area contributed by atoms with Gasteiger partial charge in [-0.25, -0.2) is 0 Å². The molecule has 0 rings (SSSR count). The first kappa shape index (κ1) is 9.24. The molecule has 0 aliphatic rings. The lowest BCUT2D eigenvalue weighted by molar-refractivity contribution is 0.186. The maximum Gasteiger partial charge on any atom is 0.0404 e. The maximum atomic E-state index is 8.59. The Morgan fingerprint density at radius 2 is 2.40 bits per heavy atom. The molecule has 1 atom stereocenters. The highest BCUT2D eigenvalue weighted by Crippen LogP contribution is 2.09.